The summed E-state index contributed by atoms with van der Waals surface area (Å²) in [4.78, 5) is 24.5. The normalized spacial score (nSPS) is 13.0. The second-order valence-electron chi connectivity index (χ2n) is 18.2. The van der Waals surface area contributed by atoms with E-state index < -0.39 is 12.1 Å². The van der Waals surface area contributed by atoms with Crippen molar-refractivity contribution in [1.29, 1.82) is 0 Å². The van der Waals surface area contributed by atoms with E-state index >= 15 is 0 Å². The molecule has 0 saturated carbocycles. The highest BCUT2D eigenvalue weighted by Gasteiger charge is 2.18. The lowest BCUT2D eigenvalue weighted by atomic mass is 10.0. The average Bonchev–Trinajstić information content (AvgIpc) is 3.27. The van der Waals surface area contributed by atoms with Crippen molar-refractivity contribution in [3.63, 3.8) is 0 Å². The monoisotopic (exact) mass is 870 g/mol. The van der Waals surface area contributed by atoms with Crippen molar-refractivity contribution in [2.45, 2.75) is 283 Å². The largest absolute Gasteiger partial charge is 0.466 e. The molecule has 0 heterocycles. The number of unbranched alkanes of at least 4 members (excludes halogenated alkanes) is 32. The molecule has 0 saturated heterocycles. The van der Waals surface area contributed by atoms with Crippen LogP contribution in [-0.4, -0.2) is 47.4 Å². The summed E-state index contributed by atoms with van der Waals surface area (Å²) in [7, 11) is 0. The summed E-state index contributed by atoms with van der Waals surface area (Å²) in [5, 5.41) is 23.1. The maximum Gasteiger partial charge on any atom is 0.305 e. The van der Waals surface area contributed by atoms with Gasteiger partial charge in [-0.2, -0.15) is 0 Å². The van der Waals surface area contributed by atoms with Crippen molar-refractivity contribution >= 4 is 11.9 Å². The first kappa shape index (κ1) is 59.8. The van der Waals surface area contributed by atoms with Crippen LogP contribution in [0.1, 0.15) is 271 Å². The summed E-state index contributed by atoms with van der Waals surface area (Å²) in [6, 6.07) is -0.648. The third-order valence-corrected chi connectivity index (χ3v) is 12.1. The molecule has 0 aliphatic rings. The Labute approximate surface area is 385 Å². The summed E-state index contributed by atoms with van der Waals surface area (Å²) in [5.41, 5.74) is 0. The highest BCUT2D eigenvalue weighted by atomic mass is 16.5. The highest BCUT2D eigenvalue weighted by Crippen LogP contribution is 2.15. The molecule has 0 radical (unpaired) electrons. The number of ether oxygens (including phenoxy) is 1. The number of hydrogen-bond donors (Lipinski definition) is 3. The number of amides is 1. The van der Waals surface area contributed by atoms with E-state index in [1.165, 1.54) is 154 Å². The van der Waals surface area contributed by atoms with Crippen molar-refractivity contribution in [2.75, 3.05) is 13.2 Å². The SMILES string of the molecule is CCCCC/C=C\C/C=C\CCCCCCCCCC(=O)OCCCCC/C=C\CCCCCCCC(=O)NC(CO)C(O)/C=C/CCCCCCCCCCCCCCCC. The van der Waals surface area contributed by atoms with Gasteiger partial charge in [0.15, 0.2) is 0 Å². The van der Waals surface area contributed by atoms with E-state index in [1.807, 2.05) is 6.08 Å². The van der Waals surface area contributed by atoms with Crippen LogP contribution in [0.3, 0.4) is 0 Å². The van der Waals surface area contributed by atoms with Crippen LogP contribution in [0.15, 0.2) is 48.6 Å². The molecule has 0 spiro atoms. The van der Waals surface area contributed by atoms with Gasteiger partial charge in [0.2, 0.25) is 5.91 Å². The minimum absolute atomic E-state index is 0.0328. The van der Waals surface area contributed by atoms with E-state index in [9.17, 15) is 19.8 Å². The molecule has 62 heavy (non-hydrogen) atoms. The second kappa shape index (κ2) is 51.5. The molecule has 3 N–H and O–H groups in total. The molecule has 0 aliphatic heterocycles. The van der Waals surface area contributed by atoms with Crippen LogP contribution in [0.25, 0.3) is 0 Å². The number of rotatable bonds is 49. The number of hydrogen-bond acceptors (Lipinski definition) is 5. The molecule has 6 nitrogen and oxygen atoms in total. The molecule has 0 bridgehead atoms. The Morgan fingerprint density at radius 3 is 1.27 bits per heavy atom. The number of esters is 1. The van der Waals surface area contributed by atoms with Crippen molar-refractivity contribution in [3.05, 3.63) is 48.6 Å². The second-order valence-corrected chi connectivity index (χ2v) is 18.2. The number of carbonyl (C=O) groups excluding carboxylic acids is 2. The fourth-order valence-electron chi connectivity index (χ4n) is 7.89. The van der Waals surface area contributed by atoms with Gasteiger partial charge in [-0.1, -0.05) is 210 Å². The van der Waals surface area contributed by atoms with Gasteiger partial charge in [0, 0.05) is 12.8 Å². The van der Waals surface area contributed by atoms with Crippen molar-refractivity contribution in [1.82, 2.24) is 5.32 Å². The van der Waals surface area contributed by atoms with E-state index in [2.05, 4.69) is 55.6 Å². The van der Waals surface area contributed by atoms with Crippen LogP contribution in [0, 0.1) is 0 Å². The molecule has 0 aromatic carbocycles. The van der Waals surface area contributed by atoms with Crippen molar-refractivity contribution in [3.8, 4) is 0 Å². The Kier molecular flexibility index (Phi) is 49.6. The highest BCUT2D eigenvalue weighted by molar-refractivity contribution is 5.76. The molecular formula is C56H103NO5. The van der Waals surface area contributed by atoms with Gasteiger partial charge in [-0.15, -0.1) is 0 Å². The lowest BCUT2D eigenvalue weighted by molar-refractivity contribution is -0.143. The van der Waals surface area contributed by atoms with Gasteiger partial charge in [-0.3, -0.25) is 9.59 Å². The van der Waals surface area contributed by atoms with Crippen LogP contribution < -0.4 is 5.32 Å². The summed E-state index contributed by atoms with van der Waals surface area (Å²) in [6.07, 6.45) is 64.0. The molecule has 0 aromatic heterocycles. The zero-order valence-electron chi connectivity index (χ0n) is 41.1. The minimum atomic E-state index is -0.862. The third kappa shape index (κ3) is 47.3. The topological polar surface area (TPSA) is 95.9 Å². The Bertz CT molecular complexity index is 1050. The fraction of sp³-hybridized carbons (Fsp3) is 0.821. The molecule has 1 amide bonds. The van der Waals surface area contributed by atoms with Gasteiger partial charge in [0.25, 0.3) is 0 Å². The van der Waals surface area contributed by atoms with Crippen molar-refractivity contribution < 1.29 is 24.5 Å². The van der Waals surface area contributed by atoms with E-state index in [-0.39, 0.29) is 18.5 Å². The molecule has 0 rings (SSSR count). The van der Waals surface area contributed by atoms with E-state index in [4.69, 9.17) is 4.74 Å². The van der Waals surface area contributed by atoms with Gasteiger partial charge >= 0.3 is 5.97 Å². The first-order chi connectivity index (χ1) is 30.5. The van der Waals surface area contributed by atoms with Crippen LogP contribution in [0.5, 0.6) is 0 Å². The number of carbonyl (C=O) groups is 2. The summed E-state index contributed by atoms with van der Waals surface area (Å²) < 4.78 is 5.45. The standard InChI is InChI=1S/C56H103NO5/c1-3-5-7-9-11-13-15-17-19-21-23-25-30-34-38-42-46-50-56(61)62-51-47-43-39-35-31-27-26-29-33-37-41-45-49-55(60)57-53(52-58)54(59)48-44-40-36-32-28-24-22-20-18-16-14-12-10-8-6-4-2/h11,13,17,19,27,31,44,48,53-54,58-59H,3-10,12,14-16,18,20-26,28-30,32-43,45-47,49-52H2,1-2H3,(H,57,60)/b13-11-,19-17-,31-27-,48-44+. The zero-order valence-corrected chi connectivity index (χ0v) is 41.1. The Hall–Kier alpha value is -2.18. The Balaban J connectivity index is 3.55. The van der Waals surface area contributed by atoms with Gasteiger partial charge in [0.05, 0.1) is 25.4 Å². The molecule has 362 valence electrons. The van der Waals surface area contributed by atoms with Crippen LogP contribution in [0.4, 0.5) is 0 Å². The van der Waals surface area contributed by atoms with Gasteiger partial charge in [-0.25, -0.2) is 0 Å². The molecule has 6 heteroatoms. The number of allylic oxidation sites excluding steroid dienone is 7. The fourth-order valence-corrected chi connectivity index (χ4v) is 7.89. The van der Waals surface area contributed by atoms with Crippen molar-refractivity contribution in [2.24, 2.45) is 0 Å². The first-order valence-electron chi connectivity index (χ1n) is 26.9. The van der Waals surface area contributed by atoms with Gasteiger partial charge in [-0.05, 0) is 96.3 Å². The van der Waals surface area contributed by atoms with Crippen LogP contribution in [-0.2, 0) is 14.3 Å². The Morgan fingerprint density at radius 2 is 0.806 bits per heavy atom. The van der Waals surface area contributed by atoms with E-state index in [1.54, 1.807) is 6.08 Å². The summed E-state index contributed by atoms with van der Waals surface area (Å²) in [5.74, 6) is -0.127. The maximum atomic E-state index is 12.4. The zero-order chi connectivity index (χ0) is 45.1. The Morgan fingerprint density at radius 1 is 0.452 bits per heavy atom. The molecule has 2 atom stereocenters. The third-order valence-electron chi connectivity index (χ3n) is 12.1. The smallest absolute Gasteiger partial charge is 0.305 e. The number of aliphatic hydroxyl groups is 2. The summed E-state index contributed by atoms with van der Waals surface area (Å²) >= 11 is 0. The quantitative estimate of drug-likeness (QED) is 0.0322. The molecule has 0 fully saturated rings. The summed E-state index contributed by atoms with van der Waals surface area (Å²) in [6.45, 7) is 4.81. The molecule has 0 aromatic rings. The predicted octanol–water partition coefficient (Wildman–Crippen LogP) is 16.2. The van der Waals surface area contributed by atoms with E-state index in [0.717, 1.165) is 89.9 Å². The van der Waals surface area contributed by atoms with Gasteiger partial charge in [0.1, 0.15) is 0 Å². The molecule has 2 unspecified atom stereocenters. The van der Waals surface area contributed by atoms with Gasteiger partial charge < -0.3 is 20.3 Å². The lowest BCUT2D eigenvalue weighted by Gasteiger charge is -2.20. The average molecular weight is 870 g/mol. The van der Waals surface area contributed by atoms with Crippen LogP contribution >= 0.6 is 0 Å². The number of aliphatic hydroxyl groups excluding tert-OH is 2. The first-order valence-corrected chi connectivity index (χ1v) is 26.9. The predicted molar refractivity (Wildman–Crippen MR) is 269 cm³/mol. The molecule has 0 aliphatic carbocycles. The maximum absolute atomic E-state index is 12.4. The molecular weight excluding hydrogens is 767 g/mol. The van der Waals surface area contributed by atoms with E-state index in [0.29, 0.717) is 19.4 Å². The lowest BCUT2D eigenvalue weighted by Crippen LogP contribution is -2.45. The van der Waals surface area contributed by atoms with Crippen LogP contribution in [0.2, 0.25) is 0 Å². The number of nitrogens with one attached hydrogen (secondary N) is 1. The minimum Gasteiger partial charge on any atom is -0.466 e.